The Bertz CT molecular complexity index is 199. The Morgan fingerprint density at radius 3 is 2.58 bits per heavy atom. The SMILES string of the molecule is [Li+].[O-]/C=C\C=C=C1SCCCS1. The van der Waals surface area contributed by atoms with E-state index in [0.717, 1.165) is 6.26 Å². The minimum absolute atomic E-state index is 0. The van der Waals surface area contributed by atoms with E-state index in [1.165, 1.54) is 28.2 Å². The van der Waals surface area contributed by atoms with Crippen LogP contribution < -0.4 is 24.0 Å². The molecule has 0 unspecified atom stereocenters. The minimum Gasteiger partial charge on any atom is -0.878 e. The summed E-state index contributed by atoms with van der Waals surface area (Å²) in [7, 11) is 0. The molecule has 0 aromatic rings. The third-order valence-electron chi connectivity index (χ3n) is 1.13. The van der Waals surface area contributed by atoms with Gasteiger partial charge in [0, 0.05) is 0 Å². The Labute approximate surface area is 93.6 Å². The topological polar surface area (TPSA) is 23.1 Å². The molecular formula is C8H9LiOS2. The van der Waals surface area contributed by atoms with Gasteiger partial charge in [0.1, 0.15) is 0 Å². The fraction of sp³-hybridized carbons (Fsp3) is 0.375. The first-order valence-corrected chi connectivity index (χ1v) is 5.40. The van der Waals surface area contributed by atoms with Crippen molar-refractivity contribution >= 4 is 23.5 Å². The van der Waals surface area contributed by atoms with E-state index in [1.54, 1.807) is 6.08 Å². The van der Waals surface area contributed by atoms with Crippen molar-refractivity contribution in [2.75, 3.05) is 11.5 Å². The Balaban J connectivity index is 0.00000121. The minimum atomic E-state index is 0. The van der Waals surface area contributed by atoms with E-state index in [4.69, 9.17) is 0 Å². The molecule has 0 atom stereocenters. The summed E-state index contributed by atoms with van der Waals surface area (Å²) in [5.74, 6) is 2.37. The molecule has 1 saturated heterocycles. The van der Waals surface area contributed by atoms with Crippen LogP contribution in [0.1, 0.15) is 6.42 Å². The molecule has 0 aromatic heterocycles. The molecule has 0 radical (unpaired) electrons. The summed E-state index contributed by atoms with van der Waals surface area (Å²) in [6.45, 7) is 0. The molecule has 0 amide bonds. The van der Waals surface area contributed by atoms with Crippen molar-refractivity contribution in [2.24, 2.45) is 0 Å². The van der Waals surface area contributed by atoms with Crippen LogP contribution in [0.2, 0.25) is 0 Å². The Morgan fingerprint density at radius 2 is 2.00 bits per heavy atom. The van der Waals surface area contributed by atoms with Crippen molar-refractivity contribution in [3.8, 4) is 0 Å². The molecule has 60 valence electrons. The second kappa shape index (κ2) is 7.98. The van der Waals surface area contributed by atoms with Crippen molar-refractivity contribution in [1.82, 2.24) is 0 Å². The number of rotatable bonds is 1. The van der Waals surface area contributed by atoms with Gasteiger partial charge in [-0.15, -0.1) is 29.8 Å². The molecule has 1 rings (SSSR count). The van der Waals surface area contributed by atoms with E-state index in [1.807, 2.05) is 23.5 Å². The van der Waals surface area contributed by atoms with Gasteiger partial charge in [0.05, 0.1) is 4.24 Å². The van der Waals surface area contributed by atoms with Crippen molar-refractivity contribution in [3.63, 3.8) is 0 Å². The molecule has 12 heavy (non-hydrogen) atoms. The maximum absolute atomic E-state index is 9.90. The normalized spacial score (nSPS) is 16.8. The van der Waals surface area contributed by atoms with Crippen LogP contribution in [0, 0.1) is 0 Å². The summed E-state index contributed by atoms with van der Waals surface area (Å²) >= 11 is 3.63. The number of thioether (sulfide) groups is 2. The average Bonchev–Trinajstić information content (AvgIpc) is 2.07. The Kier molecular flexibility index (Phi) is 8.22. The van der Waals surface area contributed by atoms with Crippen LogP contribution in [-0.2, 0) is 0 Å². The van der Waals surface area contributed by atoms with Crippen molar-refractivity contribution < 1.29 is 24.0 Å². The van der Waals surface area contributed by atoms with Gasteiger partial charge in [-0.3, -0.25) is 0 Å². The van der Waals surface area contributed by atoms with Gasteiger partial charge >= 0.3 is 18.9 Å². The molecular weight excluding hydrogens is 183 g/mol. The molecule has 0 bridgehead atoms. The van der Waals surface area contributed by atoms with Crippen LogP contribution in [0.4, 0.5) is 0 Å². The number of hydrogen-bond acceptors (Lipinski definition) is 3. The van der Waals surface area contributed by atoms with Crippen molar-refractivity contribution in [1.29, 1.82) is 0 Å². The van der Waals surface area contributed by atoms with E-state index in [2.05, 4.69) is 5.73 Å². The summed E-state index contributed by atoms with van der Waals surface area (Å²) in [5.41, 5.74) is 3.05. The zero-order valence-corrected chi connectivity index (χ0v) is 8.71. The first-order valence-electron chi connectivity index (χ1n) is 3.43. The molecule has 1 aliphatic rings. The first-order chi connectivity index (χ1) is 5.43. The molecule has 0 aromatic carbocycles. The molecule has 1 aliphatic heterocycles. The average molecular weight is 192 g/mol. The largest absolute Gasteiger partial charge is 1.00 e. The molecule has 1 heterocycles. The maximum Gasteiger partial charge on any atom is 1.00 e. The van der Waals surface area contributed by atoms with Gasteiger partial charge < -0.3 is 5.11 Å². The van der Waals surface area contributed by atoms with Gasteiger partial charge in [0.25, 0.3) is 0 Å². The molecule has 1 fully saturated rings. The van der Waals surface area contributed by atoms with Crippen LogP contribution in [0.3, 0.4) is 0 Å². The predicted octanol–water partition coefficient (Wildman–Crippen LogP) is -1.27. The van der Waals surface area contributed by atoms with E-state index in [-0.39, 0.29) is 18.9 Å². The van der Waals surface area contributed by atoms with Gasteiger partial charge in [-0.1, -0.05) is 11.8 Å². The van der Waals surface area contributed by atoms with Crippen molar-refractivity contribution in [3.05, 3.63) is 28.4 Å². The smallest absolute Gasteiger partial charge is 0.878 e. The van der Waals surface area contributed by atoms with Gasteiger partial charge in [-0.2, -0.15) is 0 Å². The van der Waals surface area contributed by atoms with Crippen molar-refractivity contribution in [2.45, 2.75) is 6.42 Å². The van der Waals surface area contributed by atoms with Gasteiger partial charge in [-0.25, -0.2) is 0 Å². The van der Waals surface area contributed by atoms with Crippen LogP contribution in [0.5, 0.6) is 0 Å². The summed E-state index contributed by atoms with van der Waals surface area (Å²) in [6, 6.07) is 0. The third kappa shape index (κ3) is 5.08. The molecule has 0 aliphatic carbocycles. The van der Waals surface area contributed by atoms with E-state index < -0.39 is 0 Å². The first kappa shape index (κ1) is 12.4. The number of hydrogen-bond donors (Lipinski definition) is 0. The van der Waals surface area contributed by atoms with E-state index in [0.29, 0.717) is 0 Å². The molecule has 0 spiro atoms. The van der Waals surface area contributed by atoms with Crippen LogP contribution >= 0.6 is 23.5 Å². The van der Waals surface area contributed by atoms with Gasteiger partial charge in [0.2, 0.25) is 0 Å². The molecule has 0 N–H and O–H groups in total. The third-order valence-corrected chi connectivity index (χ3v) is 3.58. The summed E-state index contributed by atoms with van der Waals surface area (Å²) in [4.78, 5) is 0. The molecule has 0 saturated carbocycles. The Morgan fingerprint density at radius 1 is 1.33 bits per heavy atom. The fourth-order valence-corrected chi connectivity index (χ4v) is 2.94. The quantitative estimate of drug-likeness (QED) is 0.224. The van der Waals surface area contributed by atoms with Crippen LogP contribution in [0.25, 0.3) is 0 Å². The monoisotopic (exact) mass is 192 g/mol. The van der Waals surface area contributed by atoms with Gasteiger partial charge in [-0.05, 0) is 24.0 Å². The number of allylic oxidation sites excluding steroid dienone is 2. The second-order valence-corrected chi connectivity index (χ2v) is 4.45. The summed E-state index contributed by atoms with van der Waals surface area (Å²) in [6.07, 6.45) is 5.18. The summed E-state index contributed by atoms with van der Waals surface area (Å²) < 4.78 is 1.20. The van der Waals surface area contributed by atoms with E-state index >= 15 is 0 Å². The van der Waals surface area contributed by atoms with Crippen LogP contribution in [-0.4, -0.2) is 11.5 Å². The van der Waals surface area contributed by atoms with Gasteiger partial charge in [0.15, 0.2) is 0 Å². The second-order valence-electron chi connectivity index (χ2n) is 1.98. The Hall–Kier alpha value is 0.357. The zero-order chi connectivity index (χ0) is 7.94. The fourth-order valence-electron chi connectivity index (χ4n) is 0.669. The summed E-state index contributed by atoms with van der Waals surface area (Å²) in [5, 5.41) is 9.90. The maximum atomic E-state index is 9.90. The molecule has 1 nitrogen and oxygen atoms in total. The molecule has 4 heteroatoms. The van der Waals surface area contributed by atoms with E-state index in [9.17, 15) is 5.11 Å². The van der Waals surface area contributed by atoms with Crippen LogP contribution in [0.15, 0.2) is 28.4 Å². The zero-order valence-electron chi connectivity index (χ0n) is 7.08. The predicted molar refractivity (Wildman–Crippen MR) is 50.3 cm³/mol. The standard InChI is InChI=1S/C8H10OS2.Li/c9-5-2-1-4-8-10-6-3-7-11-8;/h1-2,5,9H,3,6-7H2;/q;+1/p-1/b5-2-;.